The van der Waals surface area contributed by atoms with Gasteiger partial charge in [-0.25, -0.2) is 9.29 Å². The van der Waals surface area contributed by atoms with Gasteiger partial charge in [-0.3, -0.25) is 0 Å². The molecular formula is C17H24F3N3OS. The van der Waals surface area contributed by atoms with Crippen molar-refractivity contribution in [3.63, 3.8) is 0 Å². The minimum Gasteiger partial charge on any atom is -0.385 e. The maximum absolute atomic E-state index is 12.7. The molecule has 2 saturated heterocycles. The molecule has 1 spiro atoms. The van der Waals surface area contributed by atoms with Crippen LogP contribution in [0.1, 0.15) is 24.2 Å². The average Bonchev–Trinajstić information content (AvgIpc) is 2.46. The lowest BCUT2D eigenvalue weighted by atomic mass is 9.74. The highest BCUT2D eigenvalue weighted by Gasteiger charge is 2.51. The number of likely N-dealkylation sites (tertiary alicyclic amines) is 1. The summed E-state index contributed by atoms with van der Waals surface area (Å²) in [6.45, 7) is 7.82. The number of aryl methyl sites for hydroxylation is 1. The number of halogens is 3. The lowest BCUT2D eigenvalue weighted by molar-refractivity contribution is -0.141. The van der Waals surface area contributed by atoms with Crippen molar-refractivity contribution in [2.45, 2.75) is 30.8 Å². The highest BCUT2D eigenvalue weighted by atomic mass is 32.2. The average molecular weight is 375 g/mol. The third kappa shape index (κ3) is 4.48. The van der Waals surface area contributed by atoms with E-state index in [1.807, 2.05) is 0 Å². The van der Waals surface area contributed by atoms with Crippen molar-refractivity contribution in [1.82, 2.24) is 14.2 Å². The molecule has 3 rings (SSSR count). The molecule has 2 fully saturated rings. The molecule has 1 aromatic rings. The monoisotopic (exact) mass is 375 g/mol. The molecule has 0 amide bonds. The van der Waals surface area contributed by atoms with E-state index < -0.39 is 11.9 Å². The third-order valence-electron chi connectivity index (χ3n) is 4.77. The predicted molar refractivity (Wildman–Crippen MR) is 91.4 cm³/mol. The molecule has 0 saturated carbocycles. The number of unbranched alkanes of at least 4 members (excludes halogenated alkanes) is 1. The number of aromatic nitrogens is 1. The van der Waals surface area contributed by atoms with Gasteiger partial charge in [-0.15, -0.1) is 0 Å². The van der Waals surface area contributed by atoms with Gasteiger partial charge in [-0.2, -0.15) is 13.2 Å². The Balaban J connectivity index is 1.41. The topological polar surface area (TPSA) is 28.6 Å². The summed E-state index contributed by atoms with van der Waals surface area (Å²) in [4.78, 5) is 6.98. The first-order chi connectivity index (χ1) is 11.8. The quantitative estimate of drug-likeness (QED) is 0.538. The van der Waals surface area contributed by atoms with E-state index in [0.717, 1.165) is 56.7 Å². The Kier molecular flexibility index (Phi) is 5.63. The van der Waals surface area contributed by atoms with Crippen molar-refractivity contribution >= 4 is 11.9 Å². The van der Waals surface area contributed by atoms with Gasteiger partial charge in [0, 0.05) is 50.2 Å². The van der Waals surface area contributed by atoms with Crippen LogP contribution in [0.25, 0.3) is 0 Å². The lowest BCUT2D eigenvalue weighted by Crippen LogP contribution is -2.70. The number of pyridine rings is 1. The van der Waals surface area contributed by atoms with E-state index in [-0.39, 0.29) is 0 Å². The standard InChI is InChI=1S/C17H24F3N3OS/c1-13-14(5-6-15(21-13)17(18,19)20)25-23-11-16(12-23)9-22(10-16)7-3-4-8-24-2/h5-6H,3-4,7-12H2,1-2H3. The summed E-state index contributed by atoms with van der Waals surface area (Å²) < 4.78 is 45.3. The molecule has 0 atom stereocenters. The van der Waals surface area contributed by atoms with Crippen LogP contribution in [-0.2, 0) is 10.9 Å². The van der Waals surface area contributed by atoms with Crippen LogP contribution in [0.15, 0.2) is 17.0 Å². The van der Waals surface area contributed by atoms with Gasteiger partial charge in [0.15, 0.2) is 0 Å². The molecule has 0 aromatic carbocycles. The lowest BCUT2D eigenvalue weighted by Gasteiger charge is -2.60. The number of hydrogen-bond donors (Lipinski definition) is 0. The Bertz CT molecular complexity index is 597. The molecule has 0 aliphatic carbocycles. The van der Waals surface area contributed by atoms with Crippen LogP contribution in [0.3, 0.4) is 0 Å². The normalized spacial score (nSPS) is 20.5. The Labute approximate surface area is 150 Å². The maximum atomic E-state index is 12.7. The predicted octanol–water partition coefficient (Wildman–Crippen LogP) is 3.46. The zero-order chi connectivity index (χ0) is 18.1. The summed E-state index contributed by atoms with van der Waals surface area (Å²) in [6, 6.07) is 2.60. The van der Waals surface area contributed by atoms with Gasteiger partial charge in [0.2, 0.25) is 0 Å². The second-order valence-electron chi connectivity index (χ2n) is 7.08. The Morgan fingerprint density at radius 1 is 1.20 bits per heavy atom. The molecule has 140 valence electrons. The zero-order valence-electron chi connectivity index (χ0n) is 14.6. The van der Waals surface area contributed by atoms with Crippen molar-refractivity contribution in [2.75, 3.05) is 46.4 Å². The minimum absolute atomic E-state index is 0.390. The largest absolute Gasteiger partial charge is 0.433 e. The second-order valence-corrected chi connectivity index (χ2v) is 8.22. The summed E-state index contributed by atoms with van der Waals surface area (Å²) in [5.41, 5.74) is 0.00768. The van der Waals surface area contributed by atoms with Gasteiger partial charge >= 0.3 is 6.18 Å². The van der Waals surface area contributed by atoms with Gasteiger partial charge in [0.1, 0.15) is 5.69 Å². The van der Waals surface area contributed by atoms with E-state index in [9.17, 15) is 13.2 Å². The maximum Gasteiger partial charge on any atom is 0.433 e. The third-order valence-corrected chi connectivity index (χ3v) is 5.91. The van der Waals surface area contributed by atoms with Crippen LogP contribution in [-0.4, -0.2) is 60.6 Å². The van der Waals surface area contributed by atoms with E-state index in [4.69, 9.17) is 4.74 Å². The number of methoxy groups -OCH3 is 1. The number of alkyl halides is 3. The fourth-order valence-electron chi connectivity index (χ4n) is 3.55. The van der Waals surface area contributed by atoms with Crippen LogP contribution < -0.4 is 0 Å². The van der Waals surface area contributed by atoms with Crippen molar-refractivity contribution in [3.05, 3.63) is 23.5 Å². The molecule has 0 radical (unpaired) electrons. The summed E-state index contributed by atoms with van der Waals surface area (Å²) >= 11 is 1.52. The van der Waals surface area contributed by atoms with Crippen LogP contribution >= 0.6 is 11.9 Å². The molecule has 1 aromatic heterocycles. The van der Waals surface area contributed by atoms with Gasteiger partial charge in [0.25, 0.3) is 0 Å². The SMILES string of the molecule is COCCCCN1CC2(C1)CN(Sc1ccc(C(F)(F)F)nc1C)C2. The van der Waals surface area contributed by atoms with Crippen LogP contribution in [0.5, 0.6) is 0 Å². The molecule has 0 bridgehead atoms. The molecular weight excluding hydrogens is 351 g/mol. The van der Waals surface area contributed by atoms with Gasteiger partial charge in [0.05, 0.1) is 5.69 Å². The highest BCUT2D eigenvalue weighted by Crippen LogP contribution is 2.45. The number of rotatable bonds is 7. The van der Waals surface area contributed by atoms with E-state index in [1.54, 1.807) is 14.0 Å². The second kappa shape index (κ2) is 7.42. The van der Waals surface area contributed by atoms with Crippen LogP contribution in [0.2, 0.25) is 0 Å². The fourth-order valence-corrected chi connectivity index (χ4v) is 4.81. The van der Waals surface area contributed by atoms with Crippen molar-refractivity contribution < 1.29 is 17.9 Å². The first-order valence-electron chi connectivity index (χ1n) is 8.50. The van der Waals surface area contributed by atoms with Crippen molar-refractivity contribution in [1.29, 1.82) is 0 Å². The molecule has 25 heavy (non-hydrogen) atoms. The molecule has 4 nitrogen and oxygen atoms in total. The zero-order valence-corrected chi connectivity index (χ0v) is 15.4. The fraction of sp³-hybridized carbons (Fsp3) is 0.706. The van der Waals surface area contributed by atoms with Gasteiger partial charge < -0.3 is 9.64 Å². The summed E-state index contributed by atoms with van der Waals surface area (Å²) in [5.74, 6) is 0. The van der Waals surface area contributed by atoms with Gasteiger partial charge in [-0.05, 0) is 50.4 Å². The molecule has 0 unspecified atom stereocenters. The molecule has 2 aliphatic heterocycles. The number of hydrogen-bond acceptors (Lipinski definition) is 5. The number of ether oxygens (including phenoxy) is 1. The minimum atomic E-state index is -4.38. The molecule has 2 aliphatic rings. The van der Waals surface area contributed by atoms with Crippen LogP contribution in [0.4, 0.5) is 13.2 Å². The van der Waals surface area contributed by atoms with Crippen molar-refractivity contribution in [2.24, 2.45) is 5.41 Å². The summed E-state index contributed by atoms with van der Waals surface area (Å²) in [7, 11) is 1.73. The molecule has 3 heterocycles. The highest BCUT2D eigenvalue weighted by molar-refractivity contribution is 7.97. The summed E-state index contributed by atoms with van der Waals surface area (Å²) in [6.07, 6.45) is -2.12. The Hall–Kier alpha value is -0.830. The molecule has 8 heteroatoms. The first-order valence-corrected chi connectivity index (χ1v) is 9.28. The summed E-state index contributed by atoms with van der Waals surface area (Å²) in [5, 5.41) is 0. The van der Waals surface area contributed by atoms with Crippen molar-refractivity contribution in [3.8, 4) is 0 Å². The number of nitrogens with zero attached hydrogens (tertiary/aromatic N) is 3. The first kappa shape index (κ1) is 18.9. The van der Waals surface area contributed by atoms with Gasteiger partial charge in [-0.1, -0.05) is 0 Å². The van der Waals surface area contributed by atoms with E-state index >= 15 is 0 Å². The Morgan fingerprint density at radius 2 is 1.92 bits per heavy atom. The molecule has 0 N–H and O–H groups in total. The van der Waals surface area contributed by atoms with E-state index in [1.165, 1.54) is 24.4 Å². The smallest absolute Gasteiger partial charge is 0.385 e. The Morgan fingerprint density at radius 3 is 2.52 bits per heavy atom. The van der Waals surface area contributed by atoms with E-state index in [2.05, 4.69) is 14.2 Å². The van der Waals surface area contributed by atoms with Crippen LogP contribution in [0, 0.1) is 12.3 Å². The van der Waals surface area contributed by atoms with E-state index in [0.29, 0.717) is 11.1 Å².